The first-order valence-electron chi connectivity index (χ1n) is 8.22. The van der Waals surface area contributed by atoms with Crippen LogP contribution in [0.5, 0.6) is 17.2 Å². The highest BCUT2D eigenvalue weighted by Crippen LogP contribution is 2.42. The number of hydrogen-bond acceptors (Lipinski definition) is 5. The molecule has 0 spiro atoms. The molecule has 1 unspecified atom stereocenters. The predicted molar refractivity (Wildman–Crippen MR) is 96.7 cm³/mol. The summed E-state index contributed by atoms with van der Waals surface area (Å²) < 4.78 is 16.4. The molecular formula is C19H19NO4S. The number of carbonyl (C=O) groups is 1. The number of thioether (sulfide) groups is 1. The number of nitrogens with zero attached hydrogens (tertiary/aromatic N) is 1. The first-order valence-corrected chi connectivity index (χ1v) is 9.27. The van der Waals surface area contributed by atoms with E-state index in [4.69, 9.17) is 14.2 Å². The number of rotatable bonds is 3. The summed E-state index contributed by atoms with van der Waals surface area (Å²) in [5, 5.41) is -0.00886. The van der Waals surface area contributed by atoms with E-state index in [0.29, 0.717) is 18.8 Å². The van der Waals surface area contributed by atoms with Crippen molar-refractivity contribution in [3.8, 4) is 17.2 Å². The van der Waals surface area contributed by atoms with Crippen molar-refractivity contribution in [3.05, 3.63) is 53.6 Å². The number of benzene rings is 2. The maximum Gasteiger partial charge on any atom is 0.255 e. The predicted octanol–water partition coefficient (Wildman–Crippen LogP) is 3.35. The molecule has 2 aliphatic heterocycles. The summed E-state index contributed by atoms with van der Waals surface area (Å²) >= 11 is 1.77. The van der Waals surface area contributed by atoms with Crippen molar-refractivity contribution in [1.82, 2.24) is 4.90 Å². The van der Waals surface area contributed by atoms with Gasteiger partial charge in [0.15, 0.2) is 11.5 Å². The molecule has 1 amide bonds. The zero-order valence-corrected chi connectivity index (χ0v) is 14.8. The fourth-order valence-corrected chi connectivity index (χ4v) is 4.31. The van der Waals surface area contributed by atoms with Crippen LogP contribution in [0.15, 0.2) is 42.5 Å². The molecule has 0 aromatic heterocycles. The SMILES string of the molecule is COc1ccc(C(=O)N2CCSC2c2ccc3c(c2)OCCO3)cc1. The summed E-state index contributed by atoms with van der Waals surface area (Å²) in [5.41, 5.74) is 1.74. The van der Waals surface area contributed by atoms with Crippen LogP contribution in [0.4, 0.5) is 0 Å². The lowest BCUT2D eigenvalue weighted by atomic mass is 10.1. The quantitative estimate of drug-likeness (QED) is 0.843. The van der Waals surface area contributed by atoms with E-state index in [0.717, 1.165) is 35.1 Å². The van der Waals surface area contributed by atoms with Gasteiger partial charge in [-0.2, -0.15) is 0 Å². The molecule has 1 atom stereocenters. The summed E-state index contributed by atoms with van der Waals surface area (Å²) in [7, 11) is 1.62. The third-order valence-corrected chi connectivity index (χ3v) is 5.60. The molecule has 2 aromatic carbocycles. The topological polar surface area (TPSA) is 48.0 Å². The average molecular weight is 357 g/mol. The third kappa shape index (κ3) is 3.14. The largest absolute Gasteiger partial charge is 0.497 e. The Balaban J connectivity index is 1.58. The Morgan fingerprint density at radius 2 is 1.88 bits per heavy atom. The lowest BCUT2D eigenvalue weighted by Crippen LogP contribution is -2.30. The average Bonchev–Trinajstić information content (AvgIpc) is 3.17. The van der Waals surface area contributed by atoms with Crippen molar-refractivity contribution in [2.24, 2.45) is 0 Å². The molecule has 0 N–H and O–H groups in total. The van der Waals surface area contributed by atoms with Gasteiger partial charge in [0.05, 0.1) is 7.11 Å². The standard InChI is InChI=1S/C19H19NO4S/c1-22-15-5-2-13(3-6-15)18(21)20-8-11-25-19(20)14-4-7-16-17(12-14)24-10-9-23-16/h2-7,12,19H,8-11H2,1H3. The second-order valence-electron chi connectivity index (χ2n) is 5.85. The Bertz CT molecular complexity index is 777. The van der Waals surface area contributed by atoms with E-state index in [1.54, 1.807) is 18.9 Å². The summed E-state index contributed by atoms with van der Waals surface area (Å²) in [4.78, 5) is 14.8. The molecule has 130 valence electrons. The second-order valence-corrected chi connectivity index (χ2v) is 7.04. The normalized spacial score (nSPS) is 18.9. The van der Waals surface area contributed by atoms with Crippen LogP contribution in [0.3, 0.4) is 0 Å². The van der Waals surface area contributed by atoms with Crippen LogP contribution in [0.2, 0.25) is 0 Å². The number of methoxy groups -OCH3 is 1. The van der Waals surface area contributed by atoms with Gasteiger partial charge < -0.3 is 19.1 Å². The van der Waals surface area contributed by atoms with Crippen molar-refractivity contribution in [2.75, 3.05) is 32.6 Å². The van der Waals surface area contributed by atoms with Crippen LogP contribution < -0.4 is 14.2 Å². The summed E-state index contributed by atoms with van der Waals surface area (Å²) in [5.74, 6) is 3.23. The van der Waals surface area contributed by atoms with Gasteiger partial charge in [-0.3, -0.25) is 4.79 Å². The molecule has 2 aromatic rings. The van der Waals surface area contributed by atoms with Crippen molar-refractivity contribution in [2.45, 2.75) is 5.37 Å². The maximum atomic E-state index is 12.9. The molecule has 0 radical (unpaired) electrons. The van der Waals surface area contributed by atoms with Crippen LogP contribution in [-0.4, -0.2) is 43.4 Å². The fourth-order valence-electron chi connectivity index (χ4n) is 3.07. The summed E-state index contributed by atoms with van der Waals surface area (Å²) in [6, 6.07) is 13.2. The molecule has 0 aliphatic carbocycles. The van der Waals surface area contributed by atoms with Gasteiger partial charge in [-0.1, -0.05) is 6.07 Å². The molecule has 2 heterocycles. The number of hydrogen-bond donors (Lipinski definition) is 0. The van der Waals surface area contributed by atoms with Gasteiger partial charge in [0.2, 0.25) is 0 Å². The molecule has 5 nitrogen and oxygen atoms in total. The molecule has 25 heavy (non-hydrogen) atoms. The highest BCUT2D eigenvalue weighted by atomic mass is 32.2. The monoisotopic (exact) mass is 357 g/mol. The zero-order chi connectivity index (χ0) is 17.2. The van der Waals surface area contributed by atoms with Crippen molar-refractivity contribution in [1.29, 1.82) is 0 Å². The van der Waals surface area contributed by atoms with Crippen LogP contribution in [0.1, 0.15) is 21.3 Å². The summed E-state index contributed by atoms with van der Waals surface area (Å²) in [6.45, 7) is 1.87. The Kier molecular flexibility index (Phi) is 4.44. The van der Waals surface area contributed by atoms with Gasteiger partial charge in [-0.25, -0.2) is 0 Å². The molecule has 1 fully saturated rings. The van der Waals surface area contributed by atoms with Gasteiger partial charge in [0, 0.05) is 17.9 Å². The Labute approximate surface area is 150 Å². The van der Waals surface area contributed by atoms with Gasteiger partial charge in [-0.05, 0) is 42.0 Å². The smallest absolute Gasteiger partial charge is 0.255 e. The summed E-state index contributed by atoms with van der Waals surface area (Å²) in [6.07, 6.45) is 0. The van der Waals surface area contributed by atoms with Gasteiger partial charge >= 0.3 is 0 Å². The molecule has 4 rings (SSSR count). The first-order chi connectivity index (χ1) is 12.3. The molecule has 0 saturated carbocycles. The molecular weight excluding hydrogens is 338 g/mol. The molecule has 0 bridgehead atoms. The van der Waals surface area contributed by atoms with Gasteiger partial charge in [0.25, 0.3) is 5.91 Å². The number of ether oxygens (including phenoxy) is 3. The van der Waals surface area contributed by atoms with Crippen LogP contribution in [0.25, 0.3) is 0 Å². The van der Waals surface area contributed by atoms with Gasteiger partial charge in [0.1, 0.15) is 24.3 Å². The Hall–Kier alpha value is -2.34. The third-order valence-electron chi connectivity index (χ3n) is 4.34. The minimum Gasteiger partial charge on any atom is -0.497 e. The van der Waals surface area contributed by atoms with E-state index in [-0.39, 0.29) is 11.3 Å². The minimum atomic E-state index is -0.00886. The molecule has 1 saturated heterocycles. The molecule has 2 aliphatic rings. The van der Waals surface area contributed by atoms with Crippen molar-refractivity contribution < 1.29 is 19.0 Å². The maximum absolute atomic E-state index is 12.9. The van der Waals surface area contributed by atoms with E-state index in [9.17, 15) is 4.79 Å². The van der Waals surface area contributed by atoms with Crippen molar-refractivity contribution >= 4 is 17.7 Å². The van der Waals surface area contributed by atoms with Crippen molar-refractivity contribution in [3.63, 3.8) is 0 Å². The lowest BCUT2D eigenvalue weighted by molar-refractivity contribution is 0.0760. The van der Waals surface area contributed by atoms with E-state index in [1.165, 1.54) is 0 Å². The number of amides is 1. The van der Waals surface area contributed by atoms with E-state index < -0.39 is 0 Å². The Morgan fingerprint density at radius 1 is 1.12 bits per heavy atom. The number of fused-ring (bicyclic) bond motifs is 1. The van der Waals surface area contributed by atoms with Crippen LogP contribution in [-0.2, 0) is 0 Å². The van der Waals surface area contributed by atoms with E-state index in [1.807, 2.05) is 47.4 Å². The Morgan fingerprint density at radius 3 is 2.64 bits per heavy atom. The highest BCUT2D eigenvalue weighted by Gasteiger charge is 2.32. The van der Waals surface area contributed by atoms with E-state index in [2.05, 4.69) is 0 Å². The number of carbonyl (C=O) groups excluding carboxylic acids is 1. The van der Waals surface area contributed by atoms with E-state index >= 15 is 0 Å². The van der Waals surface area contributed by atoms with Crippen LogP contribution in [0, 0.1) is 0 Å². The zero-order valence-electron chi connectivity index (χ0n) is 13.9. The van der Waals surface area contributed by atoms with Crippen LogP contribution >= 0.6 is 11.8 Å². The van der Waals surface area contributed by atoms with Gasteiger partial charge in [-0.15, -0.1) is 11.8 Å². The highest BCUT2D eigenvalue weighted by molar-refractivity contribution is 7.99. The lowest BCUT2D eigenvalue weighted by Gasteiger charge is -2.26. The second kappa shape index (κ2) is 6.88. The minimum absolute atomic E-state index is 0.00886. The first kappa shape index (κ1) is 16.1. The fraction of sp³-hybridized carbons (Fsp3) is 0.316. The molecule has 6 heteroatoms.